The van der Waals surface area contributed by atoms with Crippen molar-refractivity contribution in [2.24, 2.45) is 5.10 Å². The Morgan fingerprint density at radius 1 is 1.15 bits per heavy atom. The van der Waals surface area contributed by atoms with E-state index in [2.05, 4.69) is 15.3 Å². The van der Waals surface area contributed by atoms with E-state index in [4.69, 9.17) is 4.74 Å². The largest absolute Gasteiger partial charge is 0.493 e. The summed E-state index contributed by atoms with van der Waals surface area (Å²) in [5, 5.41) is 7.09. The van der Waals surface area contributed by atoms with Gasteiger partial charge in [0.1, 0.15) is 11.9 Å². The van der Waals surface area contributed by atoms with E-state index in [1.165, 1.54) is 0 Å². The number of rotatable bonds is 4. The Morgan fingerprint density at radius 3 is 2.44 bits per heavy atom. The third kappa shape index (κ3) is 4.97. The highest BCUT2D eigenvalue weighted by atomic mass is 19.4. The number of benzene rings is 1. The Hall–Kier alpha value is -2.62. The monoisotopic (exact) mass is 385 g/mol. The van der Waals surface area contributed by atoms with Gasteiger partial charge in [-0.05, 0) is 55.8 Å². The minimum absolute atomic E-state index is 0.105. The zero-order chi connectivity index (χ0) is 19.4. The van der Waals surface area contributed by atoms with Crippen molar-refractivity contribution in [2.45, 2.75) is 38.0 Å². The highest BCUT2D eigenvalue weighted by Gasteiger charge is 2.44. The highest BCUT2D eigenvalue weighted by molar-refractivity contribution is 6.04. The minimum Gasteiger partial charge on any atom is -0.490 e. The van der Waals surface area contributed by atoms with Crippen LogP contribution in [-0.2, 0) is 14.4 Å². The second-order valence-corrected chi connectivity index (χ2v) is 6.18. The number of halogens is 3. The van der Waals surface area contributed by atoms with Gasteiger partial charge >= 0.3 is 12.1 Å². The summed E-state index contributed by atoms with van der Waals surface area (Å²) in [5.41, 5.74) is 0.950. The molecular formula is C17H18F3N3O4. The van der Waals surface area contributed by atoms with E-state index in [1.54, 1.807) is 24.3 Å². The van der Waals surface area contributed by atoms with Gasteiger partial charge in [-0.2, -0.15) is 13.2 Å². The topological polar surface area (TPSA) is 80.2 Å². The summed E-state index contributed by atoms with van der Waals surface area (Å²) in [6.45, 7) is 1.81. The van der Waals surface area contributed by atoms with E-state index in [9.17, 15) is 22.8 Å². The first-order valence-corrected chi connectivity index (χ1v) is 8.50. The molecule has 0 aliphatic carbocycles. The molecule has 0 saturated carbocycles. The van der Waals surface area contributed by atoms with Crippen LogP contribution in [-0.4, -0.2) is 48.1 Å². The number of hydrogen-bond acceptors (Lipinski definition) is 6. The van der Waals surface area contributed by atoms with Crippen LogP contribution in [0.1, 0.15) is 31.2 Å². The molecule has 2 aliphatic heterocycles. The van der Waals surface area contributed by atoms with E-state index >= 15 is 0 Å². The van der Waals surface area contributed by atoms with Gasteiger partial charge in [0, 0.05) is 12.8 Å². The minimum atomic E-state index is -5.21. The Morgan fingerprint density at radius 2 is 1.81 bits per heavy atom. The van der Waals surface area contributed by atoms with Gasteiger partial charge in [0.05, 0.1) is 5.71 Å². The predicted molar refractivity (Wildman–Crippen MR) is 87.7 cm³/mol. The molecule has 2 aliphatic rings. The first kappa shape index (κ1) is 19.2. The number of carbonyl (C=O) groups is 2. The average Bonchev–Trinajstić information content (AvgIpc) is 2.64. The van der Waals surface area contributed by atoms with Crippen molar-refractivity contribution in [1.29, 1.82) is 0 Å². The molecule has 146 valence electrons. The summed E-state index contributed by atoms with van der Waals surface area (Å²) in [6.07, 6.45) is -3.13. The molecule has 1 fully saturated rings. The van der Waals surface area contributed by atoms with Crippen LogP contribution in [0.3, 0.4) is 0 Å². The molecule has 0 spiro atoms. The van der Waals surface area contributed by atoms with Crippen molar-refractivity contribution < 1.29 is 32.3 Å². The van der Waals surface area contributed by atoms with Crippen molar-refractivity contribution in [3.05, 3.63) is 29.8 Å². The summed E-state index contributed by atoms with van der Waals surface area (Å²) >= 11 is 0. The molecule has 1 amide bonds. The smallest absolute Gasteiger partial charge is 0.490 e. The maximum atomic E-state index is 12.3. The van der Waals surface area contributed by atoms with E-state index in [0.29, 0.717) is 17.0 Å². The number of ether oxygens (including phenoxy) is 1. The molecule has 1 aromatic rings. The maximum Gasteiger partial charge on any atom is 0.493 e. The molecule has 0 aromatic heterocycles. The van der Waals surface area contributed by atoms with Gasteiger partial charge < -0.3 is 14.9 Å². The van der Waals surface area contributed by atoms with Crippen LogP contribution in [0.25, 0.3) is 0 Å². The average molecular weight is 385 g/mol. The zero-order valence-electron chi connectivity index (χ0n) is 14.3. The molecule has 1 saturated heterocycles. The maximum absolute atomic E-state index is 12.3. The molecule has 0 atom stereocenters. The number of nitrogens with zero attached hydrogens (tertiary/aromatic N) is 2. The van der Waals surface area contributed by atoms with Crippen molar-refractivity contribution in [2.75, 3.05) is 13.1 Å². The van der Waals surface area contributed by atoms with E-state index in [1.807, 2.05) is 0 Å². The molecular weight excluding hydrogens is 367 g/mol. The fourth-order valence-electron chi connectivity index (χ4n) is 2.77. The van der Waals surface area contributed by atoms with Gasteiger partial charge in [0.2, 0.25) is 0 Å². The number of hydroxylamine groups is 1. The Labute approximate surface area is 153 Å². The van der Waals surface area contributed by atoms with Gasteiger partial charge in [-0.15, -0.1) is 5.10 Å². The third-order valence-corrected chi connectivity index (χ3v) is 4.18. The molecule has 1 aromatic carbocycles. The second kappa shape index (κ2) is 7.95. The molecule has 1 N–H and O–H groups in total. The lowest BCUT2D eigenvalue weighted by Crippen LogP contribution is -2.38. The van der Waals surface area contributed by atoms with E-state index in [-0.39, 0.29) is 24.1 Å². The number of alkyl halides is 3. The van der Waals surface area contributed by atoms with Crippen LogP contribution >= 0.6 is 0 Å². The molecule has 27 heavy (non-hydrogen) atoms. The molecule has 0 radical (unpaired) electrons. The summed E-state index contributed by atoms with van der Waals surface area (Å²) in [5.74, 6) is -2.63. The van der Waals surface area contributed by atoms with Crippen LogP contribution in [0.4, 0.5) is 13.2 Å². The van der Waals surface area contributed by atoms with Crippen LogP contribution in [0.15, 0.2) is 29.4 Å². The van der Waals surface area contributed by atoms with Gasteiger partial charge in [0.15, 0.2) is 0 Å². The molecule has 7 nitrogen and oxygen atoms in total. The number of carbonyl (C=O) groups excluding carboxylic acids is 2. The zero-order valence-corrected chi connectivity index (χ0v) is 14.3. The van der Waals surface area contributed by atoms with E-state index in [0.717, 1.165) is 25.9 Å². The number of hydrogen-bond donors (Lipinski definition) is 1. The molecule has 3 rings (SSSR count). The molecule has 0 bridgehead atoms. The van der Waals surface area contributed by atoms with Gasteiger partial charge in [-0.1, -0.05) is 5.17 Å². The number of piperidine rings is 1. The summed E-state index contributed by atoms with van der Waals surface area (Å²) < 4.78 is 42.8. The first-order chi connectivity index (χ1) is 12.8. The standard InChI is InChI=1S/C17H18F3N3O4/c18-17(19,20)16(25)27-23-15(24)6-5-14(22-23)11-1-3-12(4-2-11)26-13-7-9-21-10-8-13/h1-4,13,21H,5-10H2. The molecule has 0 unspecified atom stereocenters. The normalized spacial score (nSPS) is 18.9. The predicted octanol–water partition coefficient (Wildman–Crippen LogP) is 2.16. The SMILES string of the molecule is O=C1CCC(c2ccc(OC3CCNCC3)cc2)=NN1OC(=O)C(F)(F)F. The lowest BCUT2D eigenvalue weighted by atomic mass is 10.0. The quantitative estimate of drug-likeness (QED) is 0.859. The Kier molecular flexibility index (Phi) is 5.64. The van der Waals surface area contributed by atoms with Gasteiger partial charge in [0.25, 0.3) is 5.91 Å². The van der Waals surface area contributed by atoms with E-state index < -0.39 is 18.1 Å². The van der Waals surface area contributed by atoms with Crippen LogP contribution in [0, 0.1) is 0 Å². The molecule has 10 heteroatoms. The number of nitrogens with one attached hydrogen (secondary N) is 1. The van der Waals surface area contributed by atoms with Crippen molar-refractivity contribution in [3.8, 4) is 5.75 Å². The summed E-state index contributed by atoms with van der Waals surface area (Å²) in [4.78, 5) is 26.6. The Balaban J connectivity index is 1.68. The van der Waals surface area contributed by atoms with Crippen molar-refractivity contribution in [3.63, 3.8) is 0 Å². The lowest BCUT2D eigenvalue weighted by molar-refractivity contribution is -0.237. The number of amides is 1. The van der Waals surface area contributed by atoms with Crippen LogP contribution in [0.2, 0.25) is 0 Å². The fraction of sp³-hybridized carbons (Fsp3) is 0.471. The van der Waals surface area contributed by atoms with Crippen LogP contribution < -0.4 is 10.1 Å². The first-order valence-electron chi connectivity index (χ1n) is 8.50. The van der Waals surface area contributed by atoms with Crippen molar-refractivity contribution >= 4 is 17.6 Å². The van der Waals surface area contributed by atoms with Gasteiger partial charge in [-0.3, -0.25) is 4.79 Å². The van der Waals surface area contributed by atoms with Crippen molar-refractivity contribution in [1.82, 2.24) is 10.5 Å². The summed E-state index contributed by atoms with van der Waals surface area (Å²) in [7, 11) is 0. The van der Waals surface area contributed by atoms with Crippen LogP contribution in [0.5, 0.6) is 5.75 Å². The fourth-order valence-corrected chi connectivity index (χ4v) is 2.77. The summed E-state index contributed by atoms with van der Waals surface area (Å²) in [6, 6.07) is 6.88. The Bertz CT molecular complexity index is 728. The number of hydrazone groups is 1. The second-order valence-electron chi connectivity index (χ2n) is 6.18. The van der Waals surface area contributed by atoms with Gasteiger partial charge in [-0.25, -0.2) is 4.79 Å². The lowest BCUT2D eigenvalue weighted by Gasteiger charge is -2.24. The molecule has 2 heterocycles. The highest BCUT2D eigenvalue weighted by Crippen LogP contribution is 2.23. The third-order valence-electron chi connectivity index (χ3n) is 4.18.